The molecular formula is C24H25F3N4O6S. The second-order valence-corrected chi connectivity index (χ2v) is 10.3. The molecule has 1 aromatic carbocycles. The molecule has 3 N–H and O–H groups in total. The molecule has 0 amide bonds. The van der Waals surface area contributed by atoms with Gasteiger partial charge in [-0.2, -0.15) is 13.5 Å². The molecule has 10 nitrogen and oxygen atoms in total. The summed E-state index contributed by atoms with van der Waals surface area (Å²) >= 11 is 0. The number of benzene rings is 1. The van der Waals surface area contributed by atoms with E-state index in [0.717, 1.165) is 0 Å². The van der Waals surface area contributed by atoms with E-state index >= 15 is 0 Å². The van der Waals surface area contributed by atoms with E-state index in [1.807, 2.05) is 0 Å². The third-order valence-corrected chi connectivity index (χ3v) is 6.68. The van der Waals surface area contributed by atoms with Gasteiger partial charge in [0.2, 0.25) is 5.78 Å². The van der Waals surface area contributed by atoms with Crippen LogP contribution in [0.3, 0.4) is 0 Å². The number of aromatic nitrogens is 3. The van der Waals surface area contributed by atoms with E-state index in [1.165, 1.54) is 35.1 Å². The first kappa shape index (κ1) is 27.7. The van der Waals surface area contributed by atoms with Gasteiger partial charge in [0.25, 0.3) is 0 Å². The van der Waals surface area contributed by atoms with Crippen molar-refractivity contribution in [2.24, 2.45) is 17.0 Å². The van der Waals surface area contributed by atoms with Crippen molar-refractivity contribution in [1.29, 1.82) is 0 Å². The highest BCUT2D eigenvalue weighted by atomic mass is 32.2. The minimum atomic E-state index is -4.80. The zero-order chi connectivity index (χ0) is 27.5. The Hall–Kier alpha value is -3.33. The number of nitrogens with two attached hydrogens (primary N) is 1. The molecule has 38 heavy (non-hydrogen) atoms. The van der Waals surface area contributed by atoms with Crippen LogP contribution in [0.25, 0.3) is 0 Å². The first-order valence-corrected chi connectivity index (χ1v) is 13.0. The lowest BCUT2D eigenvalue weighted by Crippen LogP contribution is -2.24. The number of carbonyl (C=O) groups excluding carboxylic acids is 1. The predicted octanol–water partition coefficient (Wildman–Crippen LogP) is 2.61. The fourth-order valence-electron chi connectivity index (χ4n) is 4.60. The maximum atomic E-state index is 13.2. The molecule has 204 valence electrons. The molecule has 14 heteroatoms. The summed E-state index contributed by atoms with van der Waals surface area (Å²) in [5.41, 5.74) is 1.66. The molecule has 4 rings (SSSR count). The van der Waals surface area contributed by atoms with E-state index in [4.69, 9.17) is 5.14 Å². The highest BCUT2D eigenvalue weighted by Crippen LogP contribution is 2.35. The summed E-state index contributed by atoms with van der Waals surface area (Å²) in [6.45, 7) is -0.106. The second kappa shape index (κ2) is 11.2. The van der Waals surface area contributed by atoms with E-state index in [-0.39, 0.29) is 36.3 Å². The second-order valence-electron chi connectivity index (χ2n) is 9.10. The van der Waals surface area contributed by atoms with Crippen LogP contribution in [-0.2, 0) is 27.5 Å². The molecule has 0 radical (unpaired) electrons. The van der Waals surface area contributed by atoms with Gasteiger partial charge in [-0.05, 0) is 60.6 Å². The van der Waals surface area contributed by atoms with Crippen molar-refractivity contribution in [3.05, 3.63) is 77.4 Å². The molecule has 3 atom stereocenters. The summed E-state index contributed by atoms with van der Waals surface area (Å²) in [6, 6.07) is 8.69. The van der Waals surface area contributed by atoms with Gasteiger partial charge >= 0.3 is 16.7 Å². The Balaban J connectivity index is 1.43. The Labute approximate surface area is 216 Å². The van der Waals surface area contributed by atoms with Gasteiger partial charge in [-0.3, -0.25) is 18.6 Å². The summed E-state index contributed by atoms with van der Waals surface area (Å²) in [5.74, 6) is -1.17. The van der Waals surface area contributed by atoms with Crippen LogP contribution in [-0.4, -0.2) is 53.1 Å². The fourth-order valence-corrected chi connectivity index (χ4v) is 4.96. The van der Waals surface area contributed by atoms with Gasteiger partial charge in [0.1, 0.15) is 11.4 Å². The number of nitrogens with zero attached hydrogens (tertiary/aromatic N) is 3. The highest BCUT2D eigenvalue weighted by Gasteiger charge is 2.34. The molecule has 0 spiro atoms. The molecule has 1 aliphatic rings. The van der Waals surface area contributed by atoms with Crippen molar-refractivity contribution in [2.45, 2.75) is 38.3 Å². The number of carbonyl (C=O) groups is 1. The topological polar surface area (TPSA) is 147 Å². The summed E-state index contributed by atoms with van der Waals surface area (Å²) in [5, 5.41) is 19.5. The number of ether oxygens (including phenoxy) is 1. The Morgan fingerprint density at radius 3 is 2.74 bits per heavy atom. The Morgan fingerprint density at radius 1 is 1.21 bits per heavy atom. The molecule has 0 aliphatic heterocycles. The van der Waals surface area contributed by atoms with Crippen molar-refractivity contribution in [3.63, 3.8) is 0 Å². The first-order chi connectivity index (χ1) is 17.9. The summed E-state index contributed by atoms with van der Waals surface area (Å²) < 4.78 is 69.6. The quantitative estimate of drug-likeness (QED) is 0.364. The number of hydrogen-bond acceptors (Lipinski definition) is 8. The molecule has 1 saturated carbocycles. The number of rotatable bonds is 10. The van der Waals surface area contributed by atoms with Crippen molar-refractivity contribution < 1.29 is 40.4 Å². The average molecular weight is 555 g/mol. The van der Waals surface area contributed by atoms with Crippen LogP contribution in [0.4, 0.5) is 13.2 Å². The fraction of sp³-hybridized carbons (Fsp3) is 0.375. The number of alkyl halides is 3. The molecule has 0 saturated heterocycles. The standard InChI is InChI=1S/C24H25F3N4O6S/c25-24(26,27)37-19-3-1-2-15(10-19)13-31-7-5-21(30-31)23(33)20-12-29-6-4-17(20)8-16-9-18(22(32)11-16)14-36-38(28,34)35/h1-7,10,12,16,18,22,32H,8-9,11,13-14H2,(H2,28,34,35)/t16-,18-,22+/m1/s1. The van der Waals surface area contributed by atoms with Gasteiger partial charge in [0.05, 0.1) is 19.3 Å². The van der Waals surface area contributed by atoms with Crippen LogP contribution < -0.4 is 9.88 Å². The number of aliphatic hydroxyl groups excluding tert-OH is 1. The maximum Gasteiger partial charge on any atom is 0.573 e. The monoisotopic (exact) mass is 554 g/mol. The molecule has 0 bridgehead atoms. The first-order valence-electron chi connectivity index (χ1n) is 11.6. The Morgan fingerprint density at radius 2 is 2.00 bits per heavy atom. The van der Waals surface area contributed by atoms with Crippen LogP contribution in [0.15, 0.2) is 55.0 Å². The SMILES string of the molecule is NS(=O)(=O)OC[C@H]1C[C@@H](Cc2ccncc2C(=O)c2ccn(Cc3cccc(OC(F)(F)F)c3)n2)C[C@@H]1O. The minimum absolute atomic E-state index is 0.0308. The van der Waals surface area contributed by atoms with Crippen LogP contribution >= 0.6 is 0 Å². The molecule has 0 unspecified atom stereocenters. The van der Waals surface area contributed by atoms with E-state index in [0.29, 0.717) is 36.0 Å². The smallest absolute Gasteiger partial charge is 0.406 e. The Kier molecular flexibility index (Phi) is 8.16. The van der Waals surface area contributed by atoms with E-state index in [9.17, 15) is 31.5 Å². The van der Waals surface area contributed by atoms with Gasteiger partial charge in [-0.15, -0.1) is 13.2 Å². The predicted molar refractivity (Wildman–Crippen MR) is 127 cm³/mol. The normalized spacial score (nSPS) is 20.0. The lowest BCUT2D eigenvalue weighted by Gasteiger charge is -2.13. The zero-order valence-corrected chi connectivity index (χ0v) is 20.7. The number of aliphatic hydroxyl groups is 1. The number of hydrogen-bond donors (Lipinski definition) is 2. The molecule has 2 aromatic heterocycles. The van der Waals surface area contributed by atoms with E-state index in [2.05, 4.69) is 19.0 Å². The molecule has 3 aromatic rings. The van der Waals surface area contributed by atoms with Gasteiger partial charge < -0.3 is 9.84 Å². The van der Waals surface area contributed by atoms with E-state index < -0.39 is 28.7 Å². The summed E-state index contributed by atoms with van der Waals surface area (Å²) in [6.07, 6.45) is 0.289. The van der Waals surface area contributed by atoms with Crippen LogP contribution in [0.2, 0.25) is 0 Å². The van der Waals surface area contributed by atoms with Gasteiger partial charge in [-0.1, -0.05) is 12.1 Å². The van der Waals surface area contributed by atoms with Crippen molar-refractivity contribution in [1.82, 2.24) is 14.8 Å². The Bertz CT molecular complexity index is 1400. The van der Waals surface area contributed by atoms with Crippen LogP contribution in [0.1, 0.15) is 40.0 Å². The van der Waals surface area contributed by atoms with Crippen molar-refractivity contribution in [2.75, 3.05) is 6.61 Å². The van der Waals surface area contributed by atoms with E-state index in [1.54, 1.807) is 24.5 Å². The van der Waals surface area contributed by atoms with Crippen molar-refractivity contribution >= 4 is 16.1 Å². The highest BCUT2D eigenvalue weighted by molar-refractivity contribution is 7.84. The van der Waals surface area contributed by atoms with Gasteiger partial charge in [0.15, 0.2) is 0 Å². The van der Waals surface area contributed by atoms with Gasteiger partial charge in [-0.25, -0.2) is 5.14 Å². The molecule has 2 heterocycles. The zero-order valence-electron chi connectivity index (χ0n) is 19.9. The summed E-state index contributed by atoms with van der Waals surface area (Å²) in [4.78, 5) is 17.3. The molecular weight excluding hydrogens is 529 g/mol. The van der Waals surface area contributed by atoms with Crippen LogP contribution in [0, 0.1) is 11.8 Å². The van der Waals surface area contributed by atoms with Crippen LogP contribution in [0.5, 0.6) is 5.75 Å². The largest absolute Gasteiger partial charge is 0.573 e. The lowest BCUT2D eigenvalue weighted by atomic mass is 9.93. The van der Waals surface area contributed by atoms with Gasteiger partial charge in [0, 0.05) is 30.1 Å². The van der Waals surface area contributed by atoms with Crippen molar-refractivity contribution in [3.8, 4) is 5.75 Å². The third kappa shape index (κ3) is 7.60. The average Bonchev–Trinajstić information content (AvgIpc) is 3.42. The number of halogens is 3. The lowest BCUT2D eigenvalue weighted by molar-refractivity contribution is -0.274. The number of pyridine rings is 1. The molecule has 1 aliphatic carbocycles. The molecule has 1 fully saturated rings. The number of ketones is 1. The summed E-state index contributed by atoms with van der Waals surface area (Å²) in [7, 11) is -4.11. The third-order valence-electron chi connectivity index (χ3n) is 6.22. The minimum Gasteiger partial charge on any atom is -0.406 e. The maximum absolute atomic E-state index is 13.2.